The largest absolute Gasteiger partial charge is 0.383 e. The molecule has 1 rings (SSSR count). The van der Waals surface area contributed by atoms with Gasteiger partial charge in [-0.2, -0.15) is 0 Å². The standard InChI is InChI=1S/C8H9N3O.H2/c1-5(12)7-3-2-6(4-9)8(10)11-7;/h2-4,9H,1H3,(H2,10,11);1H. The molecular formula is C8H11N3O. The molecule has 0 aliphatic heterocycles. The maximum absolute atomic E-state index is 10.8. The zero-order valence-electron chi connectivity index (χ0n) is 6.66. The van der Waals surface area contributed by atoms with Crippen LogP contribution in [0.1, 0.15) is 24.4 Å². The third-order valence-electron chi connectivity index (χ3n) is 1.47. The van der Waals surface area contributed by atoms with Gasteiger partial charge in [-0.05, 0) is 12.1 Å². The number of aromatic nitrogens is 1. The molecule has 0 radical (unpaired) electrons. The highest BCUT2D eigenvalue weighted by atomic mass is 16.1. The molecule has 0 saturated carbocycles. The first-order valence-corrected chi connectivity index (χ1v) is 3.43. The summed E-state index contributed by atoms with van der Waals surface area (Å²) in [5.41, 5.74) is 6.31. The van der Waals surface area contributed by atoms with Gasteiger partial charge in [0.15, 0.2) is 5.78 Å². The van der Waals surface area contributed by atoms with Crippen LogP contribution in [0.25, 0.3) is 0 Å². The molecule has 0 amide bonds. The molecule has 0 aliphatic carbocycles. The highest BCUT2D eigenvalue weighted by Crippen LogP contribution is 2.07. The maximum Gasteiger partial charge on any atom is 0.178 e. The first kappa shape index (κ1) is 8.39. The number of nitrogens with zero attached hydrogens (tertiary/aromatic N) is 1. The average Bonchev–Trinajstić information content (AvgIpc) is 2.04. The summed E-state index contributed by atoms with van der Waals surface area (Å²) < 4.78 is 0. The van der Waals surface area contributed by atoms with Crippen molar-refractivity contribution in [3.8, 4) is 0 Å². The van der Waals surface area contributed by atoms with Crippen molar-refractivity contribution < 1.29 is 6.22 Å². The monoisotopic (exact) mass is 165 g/mol. The minimum absolute atomic E-state index is 0. The van der Waals surface area contributed by atoms with Gasteiger partial charge in [-0.1, -0.05) is 0 Å². The lowest BCUT2D eigenvalue weighted by molar-refractivity contribution is 0.101. The average molecular weight is 165 g/mol. The van der Waals surface area contributed by atoms with E-state index in [0.717, 1.165) is 6.21 Å². The van der Waals surface area contributed by atoms with E-state index in [1.807, 2.05) is 0 Å². The Morgan fingerprint density at radius 1 is 1.75 bits per heavy atom. The van der Waals surface area contributed by atoms with Crippen LogP contribution in [0, 0.1) is 5.41 Å². The molecule has 4 nitrogen and oxygen atoms in total. The number of nitrogens with one attached hydrogen (secondary N) is 1. The van der Waals surface area contributed by atoms with Crippen LogP contribution < -0.4 is 5.73 Å². The lowest BCUT2D eigenvalue weighted by Gasteiger charge is -1.99. The SMILES string of the molecule is CC(=O)c1ccc(C=N)c(N)n1.[HH]. The maximum atomic E-state index is 10.8. The molecule has 0 saturated heterocycles. The van der Waals surface area contributed by atoms with Gasteiger partial charge in [0.2, 0.25) is 0 Å². The molecule has 0 aromatic carbocycles. The number of carbonyl (C=O) groups is 1. The van der Waals surface area contributed by atoms with Crippen LogP contribution in [0.5, 0.6) is 0 Å². The Labute approximate surface area is 71.4 Å². The van der Waals surface area contributed by atoms with Gasteiger partial charge < -0.3 is 11.1 Å². The lowest BCUT2D eigenvalue weighted by Crippen LogP contribution is -2.03. The second-order valence-corrected chi connectivity index (χ2v) is 2.37. The summed E-state index contributed by atoms with van der Waals surface area (Å²) in [6.45, 7) is 1.42. The molecule has 0 unspecified atom stereocenters. The molecule has 4 heteroatoms. The second kappa shape index (κ2) is 3.13. The summed E-state index contributed by atoms with van der Waals surface area (Å²) in [7, 11) is 0. The number of rotatable bonds is 2. The first-order valence-electron chi connectivity index (χ1n) is 3.43. The van der Waals surface area contributed by atoms with Gasteiger partial charge in [0.05, 0.1) is 0 Å². The van der Waals surface area contributed by atoms with Crippen LogP contribution in [0.4, 0.5) is 5.82 Å². The second-order valence-electron chi connectivity index (χ2n) is 2.37. The Balaban J connectivity index is 0.00000144. The number of ketones is 1. The smallest absolute Gasteiger partial charge is 0.178 e. The van der Waals surface area contributed by atoms with E-state index in [0.29, 0.717) is 11.3 Å². The zero-order valence-corrected chi connectivity index (χ0v) is 6.66. The number of hydrogen-bond donors (Lipinski definition) is 2. The third kappa shape index (κ3) is 1.47. The fourth-order valence-corrected chi connectivity index (χ4v) is 0.804. The normalized spacial score (nSPS) is 9.42. The fraction of sp³-hybridized carbons (Fsp3) is 0.125. The predicted octanol–water partition coefficient (Wildman–Crippen LogP) is 1.11. The van der Waals surface area contributed by atoms with Gasteiger partial charge in [0.25, 0.3) is 0 Å². The first-order chi connectivity index (χ1) is 5.65. The summed E-state index contributed by atoms with van der Waals surface area (Å²) in [6, 6.07) is 3.16. The number of anilines is 1. The Bertz CT molecular complexity index is 338. The highest BCUT2D eigenvalue weighted by Gasteiger charge is 2.03. The van der Waals surface area contributed by atoms with Crippen LogP contribution >= 0.6 is 0 Å². The van der Waals surface area contributed by atoms with Crippen LogP contribution in [0.2, 0.25) is 0 Å². The van der Waals surface area contributed by atoms with E-state index < -0.39 is 0 Å². The van der Waals surface area contributed by atoms with Crippen LogP contribution in [-0.4, -0.2) is 17.0 Å². The van der Waals surface area contributed by atoms with Crippen molar-refractivity contribution in [3.05, 3.63) is 23.4 Å². The van der Waals surface area contributed by atoms with Crippen molar-refractivity contribution in [2.75, 3.05) is 5.73 Å². The van der Waals surface area contributed by atoms with E-state index in [1.54, 1.807) is 12.1 Å². The third-order valence-corrected chi connectivity index (χ3v) is 1.47. The van der Waals surface area contributed by atoms with Gasteiger partial charge in [-0.3, -0.25) is 4.79 Å². The number of nitrogen functional groups attached to an aromatic ring is 1. The molecule has 1 aromatic rings. The van der Waals surface area contributed by atoms with E-state index in [4.69, 9.17) is 11.1 Å². The highest BCUT2D eigenvalue weighted by molar-refractivity contribution is 5.94. The number of pyridine rings is 1. The quantitative estimate of drug-likeness (QED) is 0.508. The summed E-state index contributed by atoms with van der Waals surface area (Å²) in [6.07, 6.45) is 1.10. The predicted molar refractivity (Wildman–Crippen MR) is 48.7 cm³/mol. The summed E-state index contributed by atoms with van der Waals surface area (Å²) in [4.78, 5) is 14.6. The number of Topliss-reactive ketones (excluding diaryl/α,β-unsaturated/α-hetero) is 1. The minimum atomic E-state index is -0.127. The number of nitrogens with two attached hydrogens (primary N) is 1. The van der Waals surface area contributed by atoms with Crippen molar-refractivity contribution in [2.24, 2.45) is 0 Å². The Morgan fingerprint density at radius 2 is 2.42 bits per heavy atom. The summed E-state index contributed by atoms with van der Waals surface area (Å²) >= 11 is 0. The summed E-state index contributed by atoms with van der Waals surface area (Å²) in [5.74, 6) is 0.0935. The summed E-state index contributed by atoms with van der Waals surface area (Å²) in [5, 5.41) is 6.93. The van der Waals surface area contributed by atoms with Crippen molar-refractivity contribution in [2.45, 2.75) is 6.92 Å². The molecule has 0 atom stereocenters. The molecular weight excluding hydrogens is 154 g/mol. The number of hydrogen-bond acceptors (Lipinski definition) is 4. The lowest BCUT2D eigenvalue weighted by atomic mass is 10.2. The molecule has 12 heavy (non-hydrogen) atoms. The molecule has 1 aromatic heterocycles. The molecule has 0 aliphatic rings. The molecule has 0 bridgehead atoms. The molecule has 64 valence electrons. The van der Waals surface area contributed by atoms with E-state index in [9.17, 15) is 4.79 Å². The van der Waals surface area contributed by atoms with Crippen molar-refractivity contribution in [3.63, 3.8) is 0 Å². The Morgan fingerprint density at radius 3 is 2.83 bits per heavy atom. The van der Waals surface area contributed by atoms with Gasteiger partial charge in [0.1, 0.15) is 11.5 Å². The van der Waals surface area contributed by atoms with Crippen LogP contribution in [-0.2, 0) is 0 Å². The molecule has 0 fully saturated rings. The van der Waals surface area contributed by atoms with Crippen molar-refractivity contribution >= 4 is 17.8 Å². The van der Waals surface area contributed by atoms with Gasteiger partial charge in [-0.25, -0.2) is 4.98 Å². The van der Waals surface area contributed by atoms with Gasteiger partial charge in [-0.15, -0.1) is 0 Å². The van der Waals surface area contributed by atoms with Crippen LogP contribution in [0.15, 0.2) is 12.1 Å². The zero-order chi connectivity index (χ0) is 9.14. The van der Waals surface area contributed by atoms with E-state index in [1.165, 1.54) is 6.92 Å². The topological polar surface area (TPSA) is 79.8 Å². The molecule has 0 spiro atoms. The van der Waals surface area contributed by atoms with E-state index >= 15 is 0 Å². The molecule has 1 heterocycles. The Hall–Kier alpha value is -1.71. The Kier molecular flexibility index (Phi) is 2.19. The van der Waals surface area contributed by atoms with Gasteiger partial charge >= 0.3 is 0 Å². The van der Waals surface area contributed by atoms with Gasteiger partial charge in [0, 0.05) is 20.1 Å². The van der Waals surface area contributed by atoms with Crippen molar-refractivity contribution in [1.29, 1.82) is 5.41 Å². The van der Waals surface area contributed by atoms with E-state index in [2.05, 4.69) is 4.98 Å². The molecule has 3 N–H and O–H groups in total. The minimum Gasteiger partial charge on any atom is -0.383 e. The number of carbonyl (C=O) groups excluding carboxylic acids is 1. The van der Waals surface area contributed by atoms with Crippen molar-refractivity contribution in [1.82, 2.24) is 4.98 Å². The van der Waals surface area contributed by atoms with E-state index in [-0.39, 0.29) is 13.0 Å². The fourth-order valence-electron chi connectivity index (χ4n) is 0.804. The van der Waals surface area contributed by atoms with Crippen LogP contribution in [0.3, 0.4) is 0 Å².